The summed E-state index contributed by atoms with van der Waals surface area (Å²) in [4.78, 5) is 2.13. The lowest BCUT2D eigenvalue weighted by molar-refractivity contribution is 0.0687. The van der Waals surface area contributed by atoms with E-state index in [4.69, 9.17) is 4.74 Å². The second-order valence-electron chi connectivity index (χ2n) is 4.88. The van der Waals surface area contributed by atoms with Crippen molar-refractivity contribution in [2.24, 2.45) is 0 Å². The molecule has 0 aliphatic rings. The summed E-state index contributed by atoms with van der Waals surface area (Å²) in [7, 11) is 4.12. The third-order valence-corrected chi connectivity index (χ3v) is 3.03. The molecule has 0 amide bonds. The van der Waals surface area contributed by atoms with Crippen molar-refractivity contribution in [3.05, 3.63) is 71.8 Å². The Hall–Kier alpha value is -1.39. The molecule has 0 saturated carbocycles. The molecule has 0 fully saturated rings. The van der Waals surface area contributed by atoms with E-state index in [0.717, 1.165) is 13.2 Å². The van der Waals surface area contributed by atoms with Crippen LogP contribution in [-0.2, 0) is 4.74 Å². The van der Waals surface area contributed by atoms with Gasteiger partial charge >= 0.3 is 0 Å². The molecule has 21 heavy (non-hydrogen) atoms. The third-order valence-electron chi connectivity index (χ3n) is 3.03. The number of rotatable bonds is 6. The average molecular weight is 310 g/mol. The first-order valence-corrected chi connectivity index (χ1v) is 6.63. The molecule has 2 aromatic carbocycles. The fraction of sp³-hybridized carbons (Fsp3) is 0.294. The van der Waals surface area contributed by atoms with Gasteiger partial charge in [0.2, 0.25) is 0 Å². The molecule has 3 nitrogen and oxygen atoms in total. The minimum atomic E-state index is 0. The van der Waals surface area contributed by atoms with E-state index in [1.807, 2.05) is 12.1 Å². The fourth-order valence-corrected chi connectivity index (χ4v) is 1.99. The van der Waals surface area contributed by atoms with Gasteiger partial charge in [-0.1, -0.05) is 60.7 Å². The van der Waals surface area contributed by atoms with Gasteiger partial charge in [-0.15, -0.1) is 12.4 Å². The Morgan fingerprint density at radius 1 is 0.857 bits per heavy atom. The van der Waals surface area contributed by atoms with Gasteiger partial charge in [-0.3, -0.25) is 0 Å². The Morgan fingerprint density at radius 3 is 1.67 bits per heavy atom. The lowest BCUT2D eigenvalue weighted by atomic mass is 10.0. The van der Waals surface area contributed by atoms with Gasteiger partial charge in [-0.2, -0.15) is 0 Å². The van der Waals surface area contributed by atoms with Crippen molar-refractivity contribution < 1.29 is 10.2 Å². The smallest absolute Gasteiger partial charge is 0.108 e. The first-order valence-electron chi connectivity index (χ1n) is 6.63. The van der Waals surface area contributed by atoms with Crippen molar-refractivity contribution in [1.82, 2.24) is 4.90 Å². The zero-order valence-electron chi connectivity index (χ0n) is 12.5. The molecule has 0 radical (unpaired) electrons. The Bertz CT molecular complexity index is 437. The lowest BCUT2D eigenvalue weighted by Crippen LogP contribution is -2.20. The second-order valence-corrected chi connectivity index (χ2v) is 4.88. The highest BCUT2D eigenvalue weighted by atomic mass is 35.5. The molecule has 0 bridgehead atoms. The van der Waals surface area contributed by atoms with E-state index in [-0.39, 0.29) is 24.0 Å². The van der Waals surface area contributed by atoms with Crippen LogP contribution in [0.2, 0.25) is 0 Å². The van der Waals surface area contributed by atoms with E-state index in [0.29, 0.717) is 0 Å². The zero-order chi connectivity index (χ0) is 13.5. The normalized spacial score (nSPS) is 10.1. The molecule has 0 heterocycles. The summed E-state index contributed by atoms with van der Waals surface area (Å²) >= 11 is 0. The van der Waals surface area contributed by atoms with Crippen LogP contribution in [0.4, 0.5) is 0 Å². The van der Waals surface area contributed by atoms with Crippen LogP contribution in [0.25, 0.3) is 0 Å². The van der Waals surface area contributed by atoms with E-state index < -0.39 is 0 Å². The monoisotopic (exact) mass is 309 g/mol. The highest BCUT2D eigenvalue weighted by Gasteiger charge is 2.13. The maximum atomic E-state index is 6.08. The summed E-state index contributed by atoms with van der Waals surface area (Å²) in [5, 5.41) is 0. The van der Waals surface area contributed by atoms with Crippen molar-refractivity contribution in [3.8, 4) is 0 Å². The topological polar surface area (TPSA) is 44.0 Å². The number of hydrogen-bond donors (Lipinski definition) is 0. The maximum absolute atomic E-state index is 6.08. The molecule has 116 valence electrons. The fourth-order valence-electron chi connectivity index (χ4n) is 1.99. The summed E-state index contributed by atoms with van der Waals surface area (Å²) < 4.78 is 6.08. The summed E-state index contributed by atoms with van der Waals surface area (Å²) in [5.41, 5.74) is 2.40. The quantitative estimate of drug-likeness (QED) is 0.823. The molecule has 2 rings (SSSR count). The van der Waals surface area contributed by atoms with E-state index in [2.05, 4.69) is 67.5 Å². The molecule has 2 N–H and O–H groups in total. The second kappa shape index (κ2) is 10.4. The third kappa shape index (κ3) is 6.27. The number of benzene rings is 2. The van der Waals surface area contributed by atoms with Crippen molar-refractivity contribution in [3.63, 3.8) is 0 Å². The first kappa shape index (κ1) is 19.6. The van der Waals surface area contributed by atoms with Crippen molar-refractivity contribution in [2.75, 3.05) is 27.2 Å². The summed E-state index contributed by atoms with van der Waals surface area (Å²) in [6.45, 7) is 1.65. The van der Waals surface area contributed by atoms with Crippen molar-refractivity contribution in [2.45, 2.75) is 6.10 Å². The highest BCUT2D eigenvalue weighted by Crippen LogP contribution is 2.25. The summed E-state index contributed by atoms with van der Waals surface area (Å²) in [6.07, 6.45) is 0.0161. The molecule has 0 unspecified atom stereocenters. The Labute approximate surface area is 133 Å². The van der Waals surface area contributed by atoms with Gasteiger partial charge < -0.3 is 15.1 Å². The van der Waals surface area contributed by atoms with E-state index in [1.165, 1.54) is 11.1 Å². The van der Waals surface area contributed by atoms with Gasteiger partial charge in [0, 0.05) is 6.54 Å². The van der Waals surface area contributed by atoms with Crippen molar-refractivity contribution in [1.29, 1.82) is 0 Å². The zero-order valence-corrected chi connectivity index (χ0v) is 13.3. The van der Waals surface area contributed by atoms with E-state index in [1.54, 1.807) is 0 Å². The first-order chi connectivity index (χ1) is 9.27. The van der Waals surface area contributed by atoms with Gasteiger partial charge in [-0.05, 0) is 25.2 Å². The van der Waals surface area contributed by atoms with Crippen LogP contribution in [0.1, 0.15) is 17.2 Å². The molecule has 0 aliphatic carbocycles. The number of halogens is 1. The maximum Gasteiger partial charge on any atom is 0.108 e. The largest absolute Gasteiger partial charge is 0.412 e. The van der Waals surface area contributed by atoms with Crippen LogP contribution in [0.5, 0.6) is 0 Å². The number of nitrogens with zero attached hydrogens (tertiary/aromatic N) is 1. The Balaban J connectivity index is 0.00000200. The SMILES string of the molecule is CN(C)CCOC(c1ccccc1)c1ccccc1.Cl.O. The van der Waals surface area contributed by atoms with Gasteiger partial charge in [0.15, 0.2) is 0 Å². The molecular formula is C17H24ClNO2. The molecule has 0 aliphatic heterocycles. The summed E-state index contributed by atoms with van der Waals surface area (Å²) in [6, 6.07) is 20.8. The molecule has 0 atom stereocenters. The Kier molecular flexibility index (Phi) is 9.67. The molecule has 0 saturated heterocycles. The highest BCUT2D eigenvalue weighted by molar-refractivity contribution is 5.85. The van der Waals surface area contributed by atoms with Gasteiger partial charge in [0.05, 0.1) is 6.61 Å². The predicted octanol–water partition coefficient (Wildman–Crippen LogP) is 2.95. The summed E-state index contributed by atoms with van der Waals surface area (Å²) in [5.74, 6) is 0. The number of ether oxygens (including phenoxy) is 1. The molecule has 0 aromatic heterocycles. The lowest BCUT2D eigenvalue weighted by Gasteiger charge is -2.20. The molecular weight excluding hydrogens is 286 g/mol. The van der Waals surface area contributed by atoms with Crippen LogP contribution in [0.15, 0.2) is 60.7 Å². The van der Waals surface area contributed by atoms with Crippen LogP contribution < -0.4 is 0 Å². The van der Waals surface area contributed by atoms with E-state index in [9.17, 15) is 0 Å². The minimum absolute atomic E-state index is 0. The molecule has 0 spiro atoms. The van der Waals surface area contributed by atoms with E-state index >= 15 is 0 Å². The van der Waals surface area contributed by atoms with Gasteiger partial charge in [0.25, 0.3) is 0 Å². The molecule has 4 heteroatoms. The predicted molar refractivity (Wildman–Crippen MR) is 90.1 cm³/mol. The molecule has 2 aromatic rings. The van der Waals surface area contributed by atoms with Crippen LogP contribution >= 0.6 is 12.4 Å². The van der Waals surface area contributed by atoms with Crippen LogP contribution in [0.3, 0.4) is 0 Å². The standard InChI is InChI=1S/C17H21NO.ClH.H2O/c1-18(2)13-14-19-17(15-9-5-3-6-10-15)16-11-7-4-8-12-16;;/h3-12,17H,13-14H2,1-2H3;1H;1H2. The van der Waals surface area contributed by atoms with Crippen LogP contribution in [0, 0.1) is 0 Å². The number of likely N-dealkylation sites (N-methyl/N-ethyl adjacent to an activating group) is 1. The minimum Gasteiger partial charge on any atom is -0.412 e. The Morgan fingerprint density at radius 2 is 1.29 bits per heavy atom. The van der Waals surface area contributed by atoms with Crippen molar-refractivity contribution >= 4 is 12.4 Å². The van der Waals surface area contributed by atoms with Crippen LogP contribution in [-0.4, -0.2) is 37.6 Å². The van der Waals surface area contributed by atoms with Gasteiger partial charge in [-0.25, -0.2) is 0 Å². The number of hydrogen-bond acceptors (Lipinski definition) is 2. The average Bonchev–Trinajstić information content (AvgIpc) is 2.45. The van der Waals surface area contributed by atoms with Gasteiger partial charge in [0.1, 0.15) is 6.10 Å².